The number of halogens is 1. The quantitative estimate of drug-likeness (QED) is 0.241. The Morgan fingerprint density at radius 3 is 2.78 bits per heavy atom. The standard InChI is InChI=1S/C18H14BrN3O5/c1-21-10-16(22(24)25)18(20-21)17(23)9-8-14-6-7-15(27-14)11-26-13-4-2-12(19)3-5-13/h2-10H,11H2,1H3/b9-8+. The zero-order valence-corrected chi connectivity index (χ0v) is 15.8. The summed E-state index contributed by atoms with van der Waals surface area (Å²) in [4.78, 5) is 22.5. The maximum atomic E-state index is 12.2. The van der Waals surface area contributed by atoms with Crippen LogP contribution in [0.5, 0.6) is 5.75 Å². The van der Waals surface area contributed by atoms with E-state index in [1.807, 2.05) is 24.3 Å². The van der Waals surface area contributed by atoms with Crippen molar-refractivity contribution in [1.29, 1.82) is 0 Å². The fourth-order valence-electron chi connectivity index (χ4n) is 2.27. The number of hydrogen-bond donors (Lipinski definition) is 0. The lowest BCUT2D eigenvalue weighted by Gasteiger charge is -2.03. The number of benzene rings is 1. The highest BCUT2D eigenvalue weighted by atomic mass is 79.9. The molecule has 0 aliphatic rings. The van der Waals surface area contributed by atoms with Gasteiger partial charge in [-0.3, -0.25) is 19.6 Å². The van der Waals surface area contributed by atoms with E-state index in [1.54, 1.807) is 12.1 Å². The van der Waals surface area contributed by atoms with Crippen LogP contribution >= 0.6 is 15.9 Å². The molecule has 0 aliphatic carbocycles. The van der Waals surface area contributed by atoms with Gasteiger partial charge in [-0.15, -0.1) is 0 Å². The number of aryl methyl sites for hydroxylation is 1. The minimum absolute atomic E-state index is 0.218. The van der Waals surface area contributed by atoms with Crippen molar-refractivity contribution in [2.24, 2.45) is 7.05 Å². The lowest BCUT2D eigenvalue weighted by molar-refractivity contribution is -0.385. The van der Waals surface area contributed by atoms with Crippen LogP contribution in [-0.4, -0.2) is 20.5 Å². The zero-order chi connectivity index (χ0) is 19.4. The number of aromatic nitrogens is 2. The Balaban J connectivity index is 1.64. The Labute approximate surface area is 162 Å². The smallest absolute Gasteiger partial charge is 0.318 e. The lowest BCUT2D eigenvalue weighted by atomic mass is 10.2. The van der Waals surface area contributed by atoms with E-state index in [-0.39, 0.29) is 18.0 Å². The van der Waals surface area contributed by atoms with Crippen molar-refractivity contribution in [3.63, 3.8) is 0 Å². The number of allylic oxidation sites excluding steroid dienone is 1. The van der Waals surface area contributed by atoms with Gasteiger partial charge in [0.25, 0.3) is 0 Å². The molecule has 9 heteroatoms. The Kier molecular flexibility index (Phi) is 5.51. The molecule has 2 aromatic heterocycles. The Hall–Kier alpha value is -3.20. The molecule has 8 nitrogen and oxygen atoms in total. The summed E-state index contributed by atoms with van der Waals surface area (Å²) in [6.45, 7) is 0.231. The summed E-state index contributed by atoms with van der Waals surface area (Å²) < 4.78 is 13.4. The zero-order valence-electron chi connectivity index (χ0n) is 14.2. The first-order chi connectivity index (χ1) is 12.9. The van der Waals surface area contributed by atoms with Crippen molar-refractivity contribution >= 4 is 33.5 Å². The first-order valence-electron chi connectivity index (χ1n) is 7.80. The summed E-state index contributed by atoms with van der Waals surface area (Å²) in [7, 11) is 1.51. The number of carbonyl (C=O) groups excluding carboxylic acids is 1. The highest BCUT2D eigenvalue weighted by molar-refractivity contribution is 9.10. The van der Waals surface area contributed by atoms with Gasteiger partial charge in [-0.05, 0) is 48.6 Å². The van der Waals surface area contributed by atoms with E-state index < -0.39 is 10.7 Å². The lowest BCUT2D eigenvalue weighted by Crippen LogP contribution is -2.00. The van der Waals surface area contributed by atoms with Crippen molar-refractivity contribution in [1.82, 2.24) is 9.78 Å². The minimum Gasteiger partial charge on any atom is -0.486 e. The van der Waals surface area contributed by atoms with E-state index in [9.17, 15) is 14.9 Å². The Bertz CT molecular complexity index is 1000. The number of ether oxygens (including phenoxy) is 1. The number of furan rings is 1. The third kappa shape index (κ3) is 4.70. The summed E-state index contributed by atoms with van der Waals surface area (Å²) in [6, 6.07) is 10.8. The van der Waals surface area contributed by atoms with Crippen LogP contribution in [0.3, 0.4) is 0 Å². The molecule has 0 atom stereocenters. The van der Waals surface area contributed by atoms with Crippen LogP contribution in [0.15, 0.2) is 57.6 Å². The molecule has 0 saturated heterocycles. The second kappa shape index (κ2) is 8.00. The molecular weight excluding hydrogens is 418 g/mol. The summed E-state index contributed by atoms with van der Waals surface area (Å²) in [5, 5.41) is 14.8. The molecule has 0 radical (unpaired) electrons. The van der Waals surface area contributed by atoms with E-state index in [1.165, 1.54) is 30.1 Å². The van der Waals surface area contributed by atoms with Gasteiger partial charge in [0.15, 0.2) is 0 Å². The highest BCUT2D eigenvalue weighted by Crippen LogP contribution is 2.20. The molecule has 0 fully saturated rings. The van der Waals surface area contributed by atoms with Crippen LogP contribution < -0.4 is 4.74 Å². The molecule has 1 aromatic carbocycles. The maximum Gasteiger partial charge on any atom is 0.318 e. The number of rotatable bonds is 7. The number of carbonyl (C=O) groups is 1. The summed E-state index contributed by atoms with van der Waals surface area (Å²) >= 11 is 3.35. The van der Waals surface area contributed by atoms with Gasteiger partial charge >= 0.3 is 5.69 Å². The van der Waals surface area contributed by atoms with Gasteiger partial charge in [-0.1, -0.05) is 15.9 Å². The number of ketones is 1. The van der Waals surface area contributed by atoms with Gasteiger partial charge in [0.05, 0.1) is 4.92 Å². The fourth-order valence-corrected chi connectivity index (χ4v) is 2.53. The van der Waals surface area contributed by atoms with Crippen molar-refractivity contribution in [2.45, 2.75) is 6.61 Å². The first-order valence-corrected chi connectivity index (χ1v) is 8.59. The van der Waals surface area contributed by atoms with Crippen LogP contribution in [0.4, 0.5) is 5.69 Å². The largest absolute Gasteiger partial charge is 0.486 e. The predicted molar refractivity (Wildman–Crippen MR) is 100 cm³/mol. The van der Waals surface area contributed by atoms with Crippen LogP contribution in [-0.2, 0) is 13.7 Å². The maximum absolute atomic E-state index is 12.2. The molecule has 2 heterocycles. The van der Waals surface area contributed by atoms with Gasteiger partial charge in [-0.25, -0.2) is 0 Å². The molecule has 0 amide bonds. The highest BCUT2D eigenvalue weighted by Gasteiger charge is 2.23. The SMILES string of the molecule is Cn1cc([N+](=O)[O-])c(C(=O)/C=C/c2ccc(COc3ccc(Br)cc3)o2)n1. The normalized spacial score (nSPS) is 11.0. The van der Waals surface area contributed by atoms with E-state index >= 15 is 0 Å². The van der Waals surface area contributed by atoms with Gasteiger partial charge in [-0.2, -0.15) is 5.10 Å². The van der Waals surface area contributed by atoms with E-state index in [4.69, 9.17) is 9.15 Å². The van der Waals surface area contributed by atoms with Crippen molar-refractivity contribution in [3.8, 4) is 5.75 Å². The van der Waals surface area contributed by atoms with Crippen LogP contribution in [0, 0.1) is 10.1 Å². The Morgan fingerprint density at radius 1 is 1.33 bits per heavy atom. The monoisotopic (exact) mass is 431 g/mol. The van der Waals surface area contributed by atoms with Crippen LogP contribution in [0.2, 0.25) is 0 Å². The van der Waals surface area contributed by atoms with Crippen molar-refractivity contribution < 1.29 is 18.9 Å². The van der Waals surface area contributed by atoms with Gasteiger partial charge in [0.2, 0.25) is 11.5 Å². The van der Waals surface area contributed by atoms with E-state index in [0.717, 1.165) is 4.47 Å². The molecule has 0 spiro atoms. The first kappa shape index (κ1) is 18.6. The van der Waals surface area contributed by atoms with Gasteiger partial charge in [0.1, 0.15) is 30.1 Å². The molecule has 3 aromatic rings. The third-order valence-corrected chi connectivity index (χ3v) is 4.04. The average molecular weight is 432 g/mol. The van der Waals surface area contributed by atoms with Crippen molar-refractivity contribution in [3.05, 3.63) is 80.5 Å². The van der Waals surface area contributed by atoms with Crippen LogP contribution in [0.1, 0.15) is 22.0 Å². The molecule has 0 unspecified atom stereocenters. The van der Waals surface area contributed by atoms with Crippen LogP contribution in [0.25, 0.3) is 6.08 Å². The van der Waals surface area contributed by atoms with Gasteiger partial charge in [0, 0.05) is 11.5 Å². The molecule has 0 aliphatic heterocycles. The average Bonchev–Trinajstić information content (AvgIpc) is 3.26. The molecule has 3 rings (SSSR count). The Morgan fingerprint density at radius 2 is 2.07 bits per heavy atom. The molecule has 138 valence electrons. The molecular formula is C18H14BrN3O5. The summed E-state index contributed by atoms with van der Waals surface area (Å²) in [5.41, 5.74) is -0.556. The van der Waals surface area contributed by atoms with Gasteiger partial charge < -0.3 is 9.15 Å². The third-order valence-electron chi connectivity index (χ3n) is 3.52. The number of hydrogen-bond acceptors (Lipinski definition) is 6. The topological polar surface area (TPSA) is 100 Å². The summed E-state index contributed by atoms with van der Waals surface area (Å²) in [6.07, 6.45) is 3.81. The number of nitro groups is 1. The molecule has 27 heavy (non-hydrogen) atoms. The molecule has 0 bridgehead atoms. The molecule has 0 N–H and O–H groups in total. The minimum atomic E-state index is -0.640. The fraction of sp³-hybridized carbons (Fsp3) is 0.111. The predicted octanol–water partition coefficient (Wildman–Crippen LogP) is 4.16. The van der Waals surface area contributed by atoms with E-state index in [0.29, 0.717) is 17.3 Å². The summed E-state index contributed by atoms with van der Waals surface area (Å²) in [5.74, 6) is 1.13. The number of nitrogens with zero attached hydrogens (tertiary/aromatic N) is 3. The molecule has 0 saturated carbocycles. The van der Waals surface area contributed by atoms with Crippen molar-refractivity contribution in [2.75, 3.05) is 0 Å². The van der Waals surface area contributed by atoms with E-state index in [2.05, 4.69) is 21.0 Å². The second-order valence-electron chi connectivity index (χ2n) is 5.54. The second-order valence-corrected chi connectivity index (χ2v) is 6.45.